The van der Waals surface area contributed by atoms with Gasteiger partial charge >= 0.3 is 0 Å². The topological polar surface area (TPSA) is 70.8 Å². The van der Waals surface area contributed by atoms with Crippen LogP contribution in [-0.4, -0.2) is 29.1 Å². The summed E-state index contributed by atoms with van der Waals surface area (Å²) in [5, 5.41) is 9.55. The van der Waals surface area contributed by atoms with Crippen LogP contribution in [0.5, 0.6) is 0 Å². The van der Waals surface area contributed by atoms with E-state index in [4.69, 9.17) is 4.42 Å². The maximum absolute atomic E-state index is 13.4. The number of nitrogens with zero attached hydrogens (tertiary/aromatic N) is 1. The van der Waals surface area contributed by atoms with Gasteiger partial charge in [-0.25, -0.2) is 4.39 Å². The molecule has 0 bridgehead atoms. The van der Waals surface area contributed by atoms with Crippen LogP contribution in [0.2, 0.25) is 0 Å². The minimum Gasteiger partial charge on any atom is -0.450 e. The number of carbonyl (C=O) groups is 1. The van der Waals surface area contributed by atoms with Crippen molar-refractivity contribution in [3.05, 3.63) is 79.9 Å². The van der Waals surface area contributed by atoms with Gasteiger partial charge in [0.1, 0.15) is 11.4 Å². The van der Waals surface area contributed by atoms with Crippen LogP contribution in [0, 0.1) is 5.82 Å². The number of hydrogen-bond acceptors (Lipinski definition) is 4. The Morgan fingerprint density at radius 2 is 1.89 bits per heavy atom. The Labute approximate surface area is 162 Å². The number of halogens is 2. The SMILES string of the molecule is O=C1c2oc3ccc(Br)cc3c(=O)c2[C@@H](c2ccc(F)cc2)N1CCCO. The van der Waals surface area contributed by atoms with Crippen LogP contribution in [0.3, 0.4) is 0 Å². The van der Waals surface area contributed by atoms with E-state index in [1.807, 2.05) is 0 Å². The Morgan fingerprint density at radius 3 is 2.59 bits per heavy atom. The Kier molecular flexibility index (Phi) is 4.57. The maximum Gasteiger partial charge on any atom is 0.290 e. The molecule has 2 heterocycles. The van der Waals surface area contributed by atoms with E-state index in [1.54, 1.807) is 30.3 Å². The minimum absolute atomic E-state index is 0.00193. The number of aliphatic hydroxyl groups is 1. The fourth-order valence-corrected chi connectivity index (χ4v) is 3.82. The number of amides is 1. The zero-order chi connectivity index (χ0) is 19.1. The van der Waals surface area contributed by atoms with Gasteiger partial charge in [-0.15, -0.1) is 0 Å². The monoisotopic (exact) mass is 431 g/mol. The molecule has 4 rings (SSSR count). The number of hydrogen-bond donors (Lipinski definition) is 1. The molecule has 2 aromatic carbocycles. The molecule has 0 fully saturated rings. The van der Waals surface area contributed by atoms with Crippen LogP contribution in [0.15, 0.2) is 56.1 Å². The highest BCUT2D eigenvalue weighted by molar-refractivity contribution is 9.10. The lowest BCUT2D eigenvalue weighted by molar-refractivity contribution is 0.0716. The summed E-state index contributed by atoms with van der Waals surface area (Å²) < 4.78 is 19.9. The maximum atomic E-state index is 13.4. The standard InChI is InChI=1S/C20H15BrFNO4/c21-12-4-7-15-14(10-12)18(25)16-17(11-2-5-13(22)6-3-11)23(8-1-9-24)20(26)19(16)27-15/h2-7,10,17,24H,1,8-9H2/t17-/m1/s1. The predicted molar refractivity (Wildman–Crippen MR) is 101 cm³/mol. The number of aliphatic hydroxyl groups excluding tert-OH is 1. The molecule has 5 nitrogen and oxygen atoms in total. The van der Waals surface area contributed by atoms with Gasteiger partial charge in [-0.1, -0.05) is 28.1 Å². The molecule has 0 spiro atoms. The molecule has 3 aromatic rings. The van der Waals surface area contributed by atoms with Gasteiger partial charge in [-0.2, -0.15) is 0 Å². The van der Waals surface area contributed by atoms with Gasteiger partial charge in [-0.05, 0) is 42.3 Å². The molecule has 138 valence electrons. The second-order valence-electron chi connectivity index (χ2n) is 6.34. The highest BCUT2D eigenvalue weighted by Gasteiger charge is 2.42. The first-order valence-electron chi connectivity index (χ1n) is 8.45. The molecule has 1 N–H and O–H groups in total. The van der Waals surface area contributed by atoms with Crippen molar-refractivity contribution >= 4 is 32.8 Å². The van der Waals surface area contributed by atoms with E-state index in [0.29, 0.717) is 23.0 Å². The largest absolute Gasteiger partial charge is 0.450 e. The van der Waals surface area contributed by atoms with Crippen molar-refractivity contribution in [1.82, 2.24) is 4.90 Å². The van der Waals surface area contributed by atoms with Gasteiger partial charge in [0.25, 0.3) is 5.91 Å². The van der Waals surface area contributed by atoms with Gasteiger partial charge in [0.05, 0.1) is 17.0 Å². The van der Waals surface area contributed by atoms with E-state index in [2.05, 4.69) is 15.9 Å². The van der Waals surface area contributed by atoms with Gasteiger partial charge in [0.15, 0.2) is 5.43 Å². The summed E-state index contributed by atoms with van der Waals surface area (Å²) >= 11 is 3.35. The minimum atomic E-state index is -0.681. The summed E-state index contributed by atoms with van der Waals surface area (Å²) in [7, 11) is 0. The van der Waals surface area contributed by atoms with E-state index in [-0.39, 0.29) is 29.9 Å². The van der Waals surface area contributed by atoms with Gasteiger partial charge in [0, 0.05) is 17.6 Å². The molecule has 1 aliphatic rings. The third kappa shape index (κ3) is 2.96. The zero-order valence-electron chi connectivity index (χ0n) is 14.1. The Balaban J connectivity index is 1.97. The first kappa shape index (κ1) is 17.9. The molecule has 0 saturated carbocycles. The first-order chi connectivity index (χ1) is 13.0. The quantitative estimate of drug-likeness (QED) is 0.684. The Morgan fingerprint density at radius 1 is 1.15 bits per heavy atom. The molecule has 0 radical (unpaired) electrons. The normalized spacial score (nSPS) is 16.2. The first-order valence-corrected chi connectivity index (χ1v) is 9.24. The third-order valence-electron chi connectivity index (χ3n) is 4.67. The van der Waals surface area contributed by atoms with Crippen LogP contribution in [0.25, 0.3) is 11.0 Å². The lowest BCUT2D eigenvalue weighted by atomic mass is 9.98. The van der Waals surface area contributed by atoms with Crippen molar-refractivity contribution in [2.24, 2.45) is 0 Å². The second-order valence-corrected chi connectivity index (χ2v) is 7.26. The van der Waals surface area contributed by atoms with E-state index in [1.165, 1.54) is 17.0 Å². The summed E-state index contributed by atoms with van der Waals surface area (Å²) in [6.45, 7) is 0.160. The average molecular weight is 432 g/mol. The smallest absolute Gasteiger partial charge is 0.290 e. The molecule has 0 saturated heterocycles. The molecule has 7 heteroatoms. The number of fused-ring (bicyclic) bond motifs is 2. The zero-order valence-corrected chi connectivity index (χ0v) is 15.7. The molecule has 1 amide bonds. The third-order valence-corrected chi connectivity index (χ3v) is 5.16. The van der Waals surface area contributed by atoms with E-state index >= 15 is 0 Å². The van der Waals surface area contributed by atoms with Crippen molar-refractivity contribution in [3.63, 3.8) is 0 Å². The second kappa shape index (κ2) is 6.90. The summed E-state index contributed by atoms with van der Waals surface area (Å²) in [6.07, 6.45) is 0.358. The van der Waals surface area contributed by atoms with Crippen LogP contribution in [0.1, 0.15) is 34.1 Å². The van der Waals surface area contributed by atoms with Crippen molar-refractivity contribution < 1.29 is 18.7 Å². The predicted octanol–water partition coefficient (Wildman–Crippen LogP) is 3.62. The van der Waals surface area contributed by atoms with Crippen molar-refractivity contribution in [3.8, 4) is 0 Å². The summed E-state index contributed by atoms with van der Waals surface area (Å²) in [4.78, 5) is 27.6. The molecule has 1 aliphatic heterocycles. The number of benzene rings is 2. The van der Waals surface area contributed by atoms with Crippen LogP contribution < -0.4 is 5.43 Å². The van der Waals surface area contributed by atoms with Gasteiger partial charge in [0.2, 0.25) is 5.76 Å². The molecule has 1 atom stereocenters. The lowest BCUT2D eigenvalue weighted by Gasteiger charge is -2.24. The molecule has 1 aromatic heterocycles. The van der Waals surface area contributed by atoms with E-state index in [0.717, 1.165) is 4.47 Å². The molecular weight excluding hydrogens is 417 g/mol. The molecular formula is C20H15BrFNO4. The van der Waals surface area contributed by atoms with Crippen LogP contribution in [0.4, 0.5) is 4.39 Å². The van der Waals surface area contributed by atoms with E-state index in [9.17, 15) is 19.1 Å². The van der Waals surface area contributed by atoms with E-state index < -0.39 is 17.8 Å². The molecule has 27 heavy (non-hydrogen) atoms. The summed E-state index contributed by atoms with van der Waals surface area (Å²) in [5.74, 6) is -0.809. The fourth-order valence-electron chi connectivity index (χ4n) is 3.46. The molecule has 0 unspecified atom stereocenters. The van der Waals surface area contributed by atoms with Crippen LogP contribution in [-0.2, 0) is 0 Å². The van der Waals surface area contributed by atoms with Crippen molar-refractivity contribution in [1.29, 1.82) is 0 Å². The van der Waals surface area contributed by atoms with Crippen LogP contribution >= 0.6 is 15.9 Å². The lowest BCUT2D eigenvalue weighted by Crippen LogP contribution is -2.31. The summed E-state index contributed by atoms with van der Waals surface area (Å²) in [5.41, 5.74) is 0.900. The van der Waals surface area contributed by atoms with Gasteiger partial charge < -0.3 is 14.4 Å². The van der Waals surface area contributed by atoms with Crippen molar-refractivity contribution in [2.45, 2.75) is 12.5 Å². The number of carbonyl (C=O) groups excluding carboxylic acids is 1. The fraction of sp³-hybridized carbons (Fsp3) is 0.200. The Hall–Kier alpha value is -2.51. The Bertz CT molecular complexity index is 1090. The molecule has 0 aliphatic carbocycles. The summed E-state index contributed by atoms with van der Waals surface area (Å²) in [6, 6.07) is 10.0. The number of rotatable bonds is 4. The average Bonchev–Trinajstić information content (AvgIpc) is 2.94. The van der Waals surface area contributed by atoms with Crippen molar-refractivity contribution in [2.75, 3.05) is 13.2 Å². The highest BCUT2D eigenvalue weighted by atomic mass is 79.9. The van der Waals surface area contributed by atoms with Gasteiger partial charge in [-0.3, -0.25) is 9.59 Å². The highest BCUT2D eigenvalue weighted by Crippen LogP contribution is 2.38.